The van der Waals surface area contributed by atoms with Crippen molar-refractivity contribution < 1.29 is 14.3 Å². The second kappa shape index (κ2) is 8.01. The van der Waals surface area contributed by atoms with E-state index in [1.165, 1.54) is 16.5 Å². The SMILES string of the molecule is CN(C)C(CNC(=O)C=Cc1ccc2c(c1)OCO2)c1cn(C)c2ccccc12. The van der Waals surface area contributed by atoms with E-state index in [0.29, 0.717) is 12.3 Å². The summed E-state index contributed by atoms with van der Waals surface area (Å²) in [4.78, 5) is 14.5. The van der Waals surface area contributed by atoms with Crippen molar-refractivity contribution in [2.45, 2.75) is 6.04 Å². The molecule has 1 aromatic heterocycles. The molecule has 6 nitrogen and oxygen atoms in total. The van der Waals surface area contributed by atoms with Crippen LogP contribution in [0.4, 0.5) is 0 Å². The zero-order valence-corrected chi connectivity index (χ0v) is 16.9. The smallest absolute Gasteiger partial charge is 0.244 e. The molecule has 1 unspecified atom stereocenters. The third kappa shape index (κ3) is 3.98. The minimum atomic E-state index is -0.130. The number of nitrogens with one attached hydrogen (secondary N) is 1. The minimum Gasteiger partial charge on any atom is -0.454 e. The summed E-state index contributed by atoms with van der Waals surface area (Å²) in [5, 5.41) is 4.23. The molecule has 2 heterocycles. The molecule has 3 aromatic rings. The number of hydrogen-bond acceptors (Lipinski definition) is 4. The van der Waals surface area contributed by atoms with Crippen LogP contribution in [0, 0.1) is 0 Å². The lowest BCUT2D eigenvalue weighted by atomic mass is 10.0. The van der Waals surface area contributed by atoms with Crippen molar-refractivity contribution in [2.75, 3.05) is 27.4 Å². The van der Waals surface area contributed by atoms with E-state index >= 15 is 0 Å². The fourth-order valence-electron chi connectivity index (χ4n) is 3.65. The highest BCUT2D eigenvalue weighted by Crippen LogP contribution is 2.33. The molecule has 1 atom stereocenters. The molecule has 6 heteroatoms. The number of aromatic nitrogens is 1. The number of carbonyl (C=O) groups is 1. The fourth-order valence-corrected chi connectivity index (χ4v) is 3.65. The molecule has 0 radical (unpaired) electrons. The Hall–Kier alpha value is -3.25. The van der Waals surface area contributed by atoms with Crippen LogP contribution in [0.15, 0.2) is 54.7 Å². The monoisotopic (exact) mass is 391 g/mol. The Morgan fingerprint density at radius 2 is 2.00 bits per heavy atom. The number of amides is 1. The third-order valence-corrected chi connectivity index (χ3v) is 5.20. The van der Waals surface area contributed by atoms with E-state index in [-0.39, 0.29) is 18.7 Å². The Kier molecular flexibility index (Phi) is 5.27. The summed E-state index contributed by atoms with van der Waals surface area (Å²) in [6, 6.07) is 14.0. The van der Waals surface area contributed by atoms with Gasteiger partial charge in [0, 0.05) is 36.8 Å². The molecule has 4 rings (SSSR count). The van der Waals surface area contributed by atoms with Gasteiger partial charge in [-0.25, -0.2) is 0 Å². The van der Waals surface area contributed by atoms with Crippen molar-refractivity contribution in [1.82, 2.24) is 14.8 Å². The highest BCUT2D eigenvalue weighted by atomic mass is 16.7. The number of nitrogens with zero attached hydrogens (tertiary/aromatic N) is 2. The lowest BCUT2D eigenvalue weighted by Crippen LogP contribution is -2.33. The van der Waals surface area contributed by atoms with E-state index in [2.05, 4.69) is 33.1 Å². The normalized spacial score (nSPS) is 14.1. The summed E-state index contributed by atoms with van der Waals surface area (Å²) in [7, 11) is 6.10. The summed E-state index contributed by atoms with van der Waals surface area (Å²) in [6.07, 6.45) is 5.47. The van der Waals surface area contributed by atoms with Crippen molar-refractivity contribution in [1.29, 1.82) is 0 Å². The van der Waals surface area contributed by atoms with E-state index in [0.717, 1.165) is 11.3 Å². The average Bonchev–Trinajstić information content (AvgIpc) is 3.31. The van der Waals surface area contributed by atoms with E-state index in [1.54, 1.807) is 12.2 Å². The van der Waals surface area contributed by atoms with Gasteiger partial charge in [0.1, 0.15) is 0 Å². The van der Waals surface area contributed by atoms with Gasteiger partial charge in [-0.1, -0.05) is 24.3 Å². The Balaban J connectivity index is 1.45. The van der Waals surface area contributed by atoms with Crippen LogP contribution in [-0.4, -0.2) is 42.8 Å². The quantitative estimate of drug-likeness (QED) is 0.655. The van der Waals surface area contributed by atoms with E-state index in [9.17, 15) is 4.79 Å². The van der Waals surface area contributed by atoms with Crippen LogP contribution in [0.3, 0.4) is 0 Å². The summed E-state index contributed by atoms with van der Waals surface area (Å²) in [6.45, 7) is 0.758. The Morgan fingerprint density at radius 1 is 1.21 bits per heavy atom. The van der Waals surface area contributed by atoms with Gasteiger partial charge in [0.25, 0.3) is 0 Å². The molecule has 0 bridgehead atoms. The molecule has 0 saturated heterocycles. The average molecular weight is 391 g/mol. The maximum atomic E-state index is 12.4. The molecule has 0 fully saturated rings. The number of rotatable bonds is 6. The molecule has 1 aliphatic rings. The van der Waals surface area contributed by atoms with Gasteiger partial charge in [0.2, 0.25) is 12.7 Å². The summed E-state index contributed by atoms with van der Waals surface area (Å²) >= 11 is 0. The molecular formula is C23H25N3O3. The fraction of sp³-hybridized carbons (Fsp3) is 0.261. The van der Waals surface area contributed by atoms with Crippen LogP contribution in [-0.2, 0) is 11.8 Å². The third-order valence-electron chi connectivity index (χ3n) is 5.20. The molecule has 150 valence electrons. The topological polar surface area (TPSA) is 55.7 Å². The van der Waals surface area contributed by atoms with E-state index in [4.69, 9.17) is 9.47 Å². The summed E-state index contributed by atoms with van der Waals surface area (Å²) < 4.78 is 12.8. The van der Waals surface area contributed by atoms with Crippen molar-refractivity contribution in [3.05, 3.63) is 65.9 Å². The van der Waals surface area contributed by atoms with Gasteiger partial charge >= 0.3 is 0 Å². The van der Waals surface area contributed by atoms with Crippen LogP contribution < -0.4 is 14.8 Å². The van der Waals surface area contributed by atoms with Gasteiger partial charge < -0.3 is 24.3 Å². The van der Waals surface area contributed by atoms with Crippen LogP contribution >= 0.6 is 0 Å². The lowest BCUT2D eigenvalue weighted by molar-refractivity contribution is -0.116. The first-order chi connectivity index (χ1) is 14.0. The van der Waals surface area contributed by atoms with Crippen LogP contribution in [0.25, 0.3) is 17.0 Å². The Bertz CT molecular complexity index is 1070. The van der Waals surface area contributed by atoms with Gasteiger partial charge in [-0.2, -0.15) is 0 Å². The maximum absolute atomic E-state index is 12.4. The minimum absolute atomic E-state index is 0.0731. The number of benzene rings is 2. The molecule has 0 saturated carbocycles. The molecule has 0 aliphatic carbocycles. The lowest BCUT2D eigenvalue weighted by Gasteiger charge is -2.24. The van der Waals surface area contributed by atoms with Gasteiger partial charge in [-0.3, -0.25) is 4.79 Å². The molecule has 1 N–H and O–H groups in total. The van der Waals surface area contributed by atoms with Crippen LogP contribution in [0.1, 0.15) is 17.2 Å². The first-order valence-corrected chi connectivity index (χ1v) is 9.59. The standard InChI is InChI=1S/C23H25N3O3/c1-25(2)20(18-14-26(3)19-7-5-4-6-17(18)19)13-24-23(27)11-9-16-8-10-21-22(12-16)29-15-28-21/h4-12,14,20H,13,15H2,1-3H3,(H,24,27). The highest BCUT2D eigenvalue weighted by Gasteiger charge is 2.19. The number of ether oxygens (including phenoxy) is 2. The molecule has 0 spiro atoms. The summed E-state index contributed by atoms with van der Waals surface area (Å²) in [5.41, 5.74) is 3.28. The molecule has 29 heavy (non-hydrogen) atoms. The molecule has 2 aromatic carbocycles. The van der Waals surface area contributed by atoms with Gasteiger partial charge in [-0.15, -0.1) is 0 Å². The number of carbonyl (C=O) groups excluding carboxylic acids is 1. The Morgan fingerprint density at radius 3 is 2.83 bits per heavy atom. The van der Waals surface area contributed by atoms with E-state index in [1.807, 2.05) is 51.5 Å². The second-order valence-corrected chi connectivity index (χ2v) is 7.38. The van der Waals surface area contributed by atoms with Gasteiger partial charge in [-0.05, 0) is 49.5 Å². The molecule has 1 amide bonds. The van der Waals surface area contributed by atoms with Crippen LogP contribution in [0.5, 0.6) is 11.5 Å². The highest BCUT2D eigenvalue weighted by molar-refractivity contribution is 5.92. The zero-order chi connectivity index (χ0) is 20.4. The second-order valence-electron chi connectivity index (χ2n) is 7.38. The van der Waals surface area contributed by atoms with E-state index < -0.39 is 0 Å². The first-order valence-electron chi connectivity index (χ1n) is 9.59. The van der Waals surface area contributed by atoms with Crippen molar-refractivity contribution >= 4 is 22.9 Å². The number of para-hydroxylation sites is 1. The largest absolute Gasteiger partial charge is 0.454 e. The predicted molar refractivity (Wildman–Crippen MR) is 114 cm³/mol. The molecule has 1 aliphatic heterocycles. The van der Waals surface area contributed by atoms with Crippen molar-refractivity contribution in [3.8, 4) is 11.5 Å². The van der Waals surface area contributed by atoms with Crippen molar-refractivity contribution in [2.24, 2.45) is 7.05 Å². The number of likely N-dealkylation sites (N-methyl/N-ethyl adjacent to an activating group) is 1. The predicted octanol–water partition coefficient (Wildman–Crippen LogP) is 3.34. The van der Waals surface area contributed by atoms with Crippen molar-refractivity contribution in [3.63, 3.8) is 0 Å². The number of hydrogen-bond donors (Lipinski definition) is 1. The van der Waals surface area contributed by atoms with Gasteiger partial charge in [0.05, 0.1) is 6.04 Å². The first kappa shape index (κ1) is 19.1. The number of fused-ring (bicyclic) bond motifs is 2. The maximum Gasteiger partial charge on any atom is 0.244 e. The zero-order valence-electron chi connectivity index (χ0n) is 16.9. The summed E-state index contributed by atoms with van der Waals surface area (Å²) in [5.74, 6) is 1.31. The molecular weight excluding hydrogens is 366 g/mol. The van der Waals surface area contributed by atoms with Crippen LogP contribution in [0.2, 0.25) is 0 Å². The number of aryl methyl sites for hydroxylation is 1. The Labute approximate surface area is 170 Å². The van der Waals surface area contributed by atoms with Gasteiger partial charge in [0.15, 0.2) is 11.5 Å².